The quantitative estimate of drug-likeness (QED) is 0.0883. The molecule has 1 saturated carbocycles. The first-order valence-corrected chi connectivity index (χ1v) is 18.2. The summed E-state index contributed by atoms with van der Waals surface area (Å²) in [6.45, 7) is 12.3. The van der Waals surface area contributed by atoms with Crippen LogP contribution in [0.5, 0.6) is 5.75 Å². The lowest BCUT2D eigenvalue weighted by atomic mass is 9.77. The lowest BCUT2D eigenvalue weighted by molar-refractivity contribution is 0.0109. The molecule has 3 aromatic rings. The van der Waals surface area contributed by atoms with Gasteiger partial charge < -0.3 is 14.9 Å². The number of aliphatic hydroxyl groups is 2. The molecule has 1 aliphatic carbocycles. The molecule has 0 saturated heterocycles. The van der Waals surface area contributed by atoms with Crippen LogP contribution in [-0.4, -0.2) is 36.6 Å². The number of benzene rings is 3. The van der Waals surface area contributed by atoms with Gasteiger partial charge in [-0.05, 0) is 109 Å². The van der Waals surface area contributed by atoms with Crippen LogP contribution in [0, 0.1) is 17.2 Å². The molecule has 0 heterocycles. The summed E-state index contributed by atoms with van der Waals surface area (Å²) in [6.07, 6.45) is 12.1. The molecule has 4 rings (SSSR count). The number of hydrogen-bond acceptors (Lipinski definition) is 5. The summed E-state index contributed by atoms with van der Waals surface area (Å²) < 4.78 is 21.9. The number of halogens is 1. The number of hydroxylamine groups is 1. The Morgan fingerprint density at radius 2 is 1.58 bits per heavy atom. The molecule has 262 valence electrons. The monoisotopic (exact) mass is 659 g/mol. The van der Waals surface area contributed by atoms with Crippen molar-refractivity contribution in [2.75, 3.05) is 26.4 Å². The molecule has 3 aromatic carbocycles. The van der Waals surface area contributed by atoms with E-state index in [1.807, 2.05) is 38.1 Å². The molecule has 0 aromatic heterocycles. The van der Waals surface area contributed by atoms with E-state index in [-0.39, 0.29) is 25.6 Å². The van der Waals surface area contributed by atoms with Gasteiger partial charge >= 0.3 is 0 Å². The van der Waals surface area contributed by atoms with Crippen LogP contribution in [0.3, 0.4) is 0 Å². The lowest BCUT2D eigenvalue weighted by Crippen LogP contribution is -2.35. The maximum absolute atomic E-state index is 15.7. The normalized spacial score (nSPS) is 16.6. The van der Waals surface area contributed by atoms with Gasteiger partial charge in [0.1, 0.15) is 11.6 Å². The summed E-state index contributed by atoms with van der Waals surface area (Å²) in [5, 5.41) is 19.9. The molecule has 1 fully saturated rings. The van der Waals surface area contributed by atoms with Gasteiger partial charge in [-0.1, -0.05) is 89.4 Å². The van der Waals surface area contributed by atoms with Crippen LogP contribution in [0.2, 0.25) is 0 Å². The maximum Gasteiger partial charge on any atom is 0.131 e. The molecule has 0 spiro atoms. The molecule has 0 bridgehead atoms. The average molecular weight is 660 g/mol. The predicted octanol–water partition coefficient (Wildman–Crippen LogP) is 9.93. The van der Waals surface area contributed by atoms with Gasteiger partial charge in [0.2, 0.25) is 0 Å². The van der Waals surface area contributed by atoms with E-state index in [0.29, 0.717) is 36.7 Å². The topological polar surface area (TPSA) is 71.0 Å². The van der Waals surface area contributed by atoms with Gasteiger partial charge in [0.25, 0.3) is 0 Å². The largest absolute Gasteiger partial charge is 0.493 e. The highest BCUT2D eigenvalue weighted by Crippen LogP contribution is 2.40. The van der Waals surface area contributed by atoms with Crippen LogP contribution in [0.4, 0.5) is 4.39 Å². The van der Waals surface area contributed by atoms with Crippen LogP contribution in [0.15, 0.2) is 66.9 Å². The van der Waals surface area contributed by atoms with Crippen LogP contribution in [0.1, 0.15) is 108 Å². The van der Waals surface area contributed by atoms with Crippen LogP contribution < -0.4 is 10.2 Å². The zero-order valence-electron chi connectivity index (χ0n) is 29.8. The molecule has 0 aliphatic heterocycles. The van der Waals surface area contributed by atoms with E-state index >= 15 is 4.39 Å². The number of aliphatic hydroxyl groups excluding tert-OH is 2. The van der Waals surface area contributed by atoms with E-state index in [1.165, 1.54) is 38.5 Å². The van der Waals surface area contributed by atoms with Gasteiger partial charge in [0, 0.05) is 17.7 Å². The Morgan fingerprint density at radius 1 is 0.896 bits per heavy atom. The molecule has 0 atom stereocenters. The highest BCUT2D eigenvalue weighted by atomic mass is 19.1. The van der Waals surface area contributed by atoms with Gasteiger partial charge in [0.05, 0.1) is 31.8 Å². The standard InChI is InChI=1S/C42H58FNO4/c1-6-9-10-11-31-12-14-33(15-13-31)34-16-20-39(40(43)26-34)36-17-19-38(32(7-2)24-36)35-18-21-41(47-29-42(8-3,27-45)28-46)37(25-35)22-23-48-44-30(4)5/h16-21,24-26,31,33,44-46H,4,6-15,22-23,27-29H2,1-3,5H3. The molecule has 48 heavy (non-hydrogen) atoms. The number of hydrogen-bond donors (Lipinski definition) is 3. The first-order valence-electron chi connectivity index (χ1n) is 18.2. The minimum Gasteiger partial charge on any atom is -0.493 e. The Balaban J connectivity index is 1.53. The zero-order chi connectivity index (χ0) is 34.5. The van der Waals surface area contributed by atoms with Crippen molar-refractivity contribution in [2.24, 2.45) is 11.3 Å². The Morgan fingerprint density at radius 3 is 2.23 bits per heavy atom. The predicted molar refractivity (Wildman–Crippen MR) is 195 cm³/mol. The van der Waals surface area contributed by atoms with Gasteiger partial charge in [-0.3, -0.25) is 10.3 Å². The molecule has 5 nitrogen and oxygen atoms in total. The lowest BCUT2D eigenvalue weighted by Gasteiger charge is -2.29. The third-order valence-electron chi connectivity index (χ3n) is 10.4. The first-order chi connectivity index (χ1) is 23.3. The Labute approximate surface area is 288 Å². The van der Waals surface area contributed by atoms with Crippen LogP contribution in [0.25, 0.3) is 22.3 Å². The van der Waals surface area contributed by atoms with E-state index < -0.39 is 5.41 Å². The number of aryl methyl sites for hydroxylation is 1. The average Bonchev–Trinajstić information content (AvgIpc) is 3.11. The minimum absolute atomic E-state index is 0.145. The van der Waals surface area contributed by atoms with Crippen molar-refractivity contribution < 1.29 is 24.2 Å². The molecule has 6 heteroatoms. The summed E-state index contributed by atoms with van der Waals surface area (Å²) in [5.74, 6) is 1.85. The Kier molecular flexibility index (Phi) is 14.5. The molecule has 0 radical (unpaired) electrons. The summed E-state index contributed by atoms with van der Waals surface area (Å²) in [4.78, 5) is 5.58. The summed E-state index contributed by atoms with van der Waals surface area (Å²) in [5.41, 5.74) is 9.73. The molecule has 0 amide bonds. The van der Waals surface area contributed by atoms with E-state index in [9.17, 15) is 10.2 Å². The number of unbranched alkanes of at least 4 members (excludes halogenated alkanes) is 2. The van der Waals surface area contributed by atoms with Crippen molar-refractivity contribution >= 4 is 0 Å². The van der Waals surface area contributed by atoms with E-state index in [1.54, 1.807) is 6.07 Å². The van der Waals surface area contributed by atoms with Crippen LogP contribution >= 0.6 is 0 Å². The fraction of sp³-hybridized carbons (Fsp3) is 0.524. The van der Waals surface area contributed by atoms with Gasteiger partial charge in [-0.2, -0.15) is 0 Å². The molecular weight excluding hydrogens is 601 g/mol. The number of allylic oxidation sites excluding steroid dienone is 1. The molecular formula is C42H58FNO4. The smallest absolute Gasteiger partial charge is 0.131 e. The minimum atomic E-state index is -0.708. The van der Waals surface area contributed by atoms with E-state index in [0.717, 1.165) is 64.3 Å². The Hall–Kier alpha value is -3.19. The van der Waals surface area contributed by atoms with Crippen molar-refractivity contribution in [3.05, 3.63) is 89.4 Å². The maximum atomic E-state index is 15.7. The third-order valence-corrected chi connectivity index (χ3v) is 10.4. The fourth-order valence-electron chi connectivity index (χ4n) is 6.94. The molecule has 0 unspecified atom stereocenters. The fourth-order valence-corrected chi connectivity index (χ4v) is 6.94. The van der Waals surface area contributed by atoms with Crippen molar-refractivity contribution in [1.29, 1.82) is 0 Å². The number of nitrogens with one attached hydrogen (secondary N) is 1. The van der Waals surface area contributed by atoms with E-state index in [2.05, 4.69) is 50.2 Å². The first kappa shape index (κ1) is 37.6. The zero-order valence-corrected chi connectivity index (χ0v) is 29.8. The van der Waals surface area contributed by atoms with Crippen molar-refractivity contribution in [2.45, 2.75) is 104 Å². The second-order valence-electron chi connectivity index (χ2n) is 13.9. The summed E-state index contributed by atoms with van der Waals surface area (Å²) in [7, 11) is 0. The number of rotatable bonds is 19. The van der Waals surface area contributed by atoms with Gasteiger partial charge in [0.15, 0.2) is 0 Å². The SMILES string of the molecule is C=C(C)NOCCc1cc(-c2ccc(-c3ccc(C4CCC(CCCCC)CC4)cc3F)cc2CC)ccc1OCC(CC)(CO)CO. The molecule has 3 N–H and O–H groups in total. The van der Waals surface area contributed by atoms with Crippen LogP contribution in [-0.2, 0) is 17.7 Å². The third kappa shape index (κ3) is 9.93. The van der Waals surface area contributed by atoms with Crippen molar-refractivity contribution in [1.82, 2.24) is 5.48 Å². The molecule has 1 aliphatic rings. The van der Waals surface area contributed by atoms with Crippen molar-refractivity contribution in [3.8, 4) is 28.0 Å². The second kappa shape index (κ2) is 18.5. The highest BCUT2D eigenvalue weighted by Gasteiger charge is 2.28. The Bertz CT molecular complexity index is 1450. The second-order valence-corrected chi connectivity index (χ2v) is 13.9. The van der Waals surface area contributed by atoms with Gasteiger partial charge in [-0.25, -0.2) is 4.39 Å². The number of ether oxygens (including phenoxy) is 1. The van der Waals surface area contributed by atoms with E-state index in [4.69, 9.17) is 9.57 Å². The summed E-state index contributed by atoms with van der Waals surface area (Å²) in [6, 6.07) is 18.3. The van der Waals surface area contributed by atoms with Gasteiger partial charge in [-0.15, -0.1) is 0 Å². The van der Waals surface area contributed by atoms with Crippen molar-refractivity contribution in [3.63, 3.8) is 0 Å². The highest BCUT2D eigenvalue weighted by molar-refractivity contribution is 5.75. The summed E-state index contributed by atoms with van der Waals surface area (Å²) >= 11 is 0.